The van der Waals surface area contributed by atoms with Crippen molar-refractivity contribution in [1.82, 2.24) is 34.6 Å². The number of carbonyl (C=O) groups is 3. The molecule has 1 N–H and O–H groups in total. The number of nitrogens with zero attached hydrogens (tertiary/aromatic N) is 6. The Morgan fingerprint density at radius 1 is 1.22 bits per heavy atom. The standard InChI is InChI=1S/C24H31N7O5/c1-28-7-6-25-20(28)13-30-11-16-10-19(30)24(34)31-9-8-29(21(32)15-35-2)12-17(31)14-36-23-18(22(33)27-16)4-3-5-26-23/h3-7,16-17,19H,8-15H2,1-2H3,(H,27,33)/t16-,17-,19-/m0/s1. The highest BCUT2D eigenvalue weighted by Gasteiger charge is 2.43. The number of piperazine rings is 1. The van der Waals surface area contributed by atoms with Gasteiger partial charge in [-0.3, -0.25) is 19.3 Å². The Hall–Kier alpha value is -3.51. The van der Waals surface area contributed by atoms with Crippen molar-refractivity contribution in [2.24, 2.45) is 7.05 Å². The minimum atomic E-state index is -0.427. The van der Waals surface area contributed by atoms with Gasteiger partial charge in [0.1, 0.15) is 24.6 Å². The Bertz CT molecular complexity index is 1140. The summed E-state index contributed by atoms with van der Waals surface area (Å²) in [6.45, 7) is 2.22. The van der Waals surface area contributed by atoms with Crippen molar-refractivity contribution in [2.75, 3.05) is 46.5 Å². The van der Waals surface area contributed by atoms with Crippen LogP contribution in [0.2, 0.25) is 0 Å². The molecule has 12 heteroatoms. The number of hydrogen-bond acceptors (Lipinski definition) is 8. The Kier molecular flexibility index (Phi) is 6.88. The van der Waals surface area contributed by atoms with Crippen LogP contribution in [0.3, 0.4) is 0 Å². The normalized spacial score (nSPS) is 24.8. The summed E-state index contributed by atoms with van der Waals surface area (Å²) in [5.74, 6) is 0.600. The zero-order chi connectivity index (χ0) is 25.2. The lowest BCUT2D eigenvalue weighted by Gasteiger charge is -2.43. The van der Waals surface area contributed by atoms with Gasteiger partial charge in [0.2, 0.25) is 17.7 Å². The number of carbonyl (C=O) groups excluding carboxylic acids is 3. The first kappa shape index (κ1) is 24.2. The number of ether oxygens (including phenoxy) is 2. The Morgan fingerprint density at radius 2 is 2.08 bits per heavy atom. The molecule has 2 fully saturated rings. The van der Waals surface area contributed by atoms with E-state index in [9.17, 15) is 14.4 Å². The molecule has 2 aromatic rings. The van der Waals surface area contributed by atoms with Gasteiger partial charge in [-0.05, 0) is 18.6 Å². The van der Waals surface area contributed by atoms with Crippen molar-refractivity contribution in [2.45, 2.75) is 31.1 Å². The van der Waals surface area contributed by atoms with Crippen molar-refractivity contribution in [3.05, 3.63) is 42.1 Å². The number of nitrogens with one attached hydrogen (secondary N) is 1. The SMILES string of the molecule is COCC(=O)N1CCN2C(=O)[C@@H]3C[C@@H](CN3Cc3nccn3C)NC(=O)c3cccnc3OC[C@@H]2C1. The quantitative estimate of drug-likeness (QED) is 0.587. The fourth-order valence-corrected chi connectivity index (χ4v) is 5.21. The lowest BCUT2D eigenvalue weighted by atomic mass is 10.1. The molecule has 5 heterocycles. The first-order valence-corrected chi connectivity index (χ1v) is 12.1. The van der Waals surface area contributed by atoms with Crippen molar-refractivity contribution in [3.63, 3.8) is 0 Å². The zero-order valence-corrected chi connectivity index (χ0v) is 20.5. The van der Waals surface area contributed by atoms with Gasteiger partial charge < -0.3 is 29.2 Å². The number of pyridine rings is 1. The number of rotatable bonds is 4. The number of aromatic nitrogens is 3. The molecule has 36 heavy (non-hydrogen) atoms. The van der Waals surface area contributed by atoms with Crippen molar-refractivity contribution < 1.29 is 23.9 Å². The second-order valence-corrected chi connectivity index (χ2v) is 9.43. The molecule has 3 atom stereocenters. The first-order chi connectivity index (χ1) is 17.4. The predicted molar refractivity (Wildman–Crippen MR) is 127 cm³/mol. The minimum absolute atomic E-state index is 0.0200. The summed E-state index contributed by atoms with van der Waals surface area (Å²) in [5, 5.41) is 3.07. The molecule has 2 saturated heterocycles. The molecule has 0 aliphatic carbocycles. The van der Waals surface area contributed by atoms with Gasteiger partial charge in [-0.15, -0.1) is 0 Å². The van der Waals surface area contributed by atoms with Gasteiger partial charge in [0.15, 0.2) is 0 Å². The predicted octanol–water partition coefficient (Wildman–Crippen LogP) is -0.734. The maximum Gasteiger partial charge on any atom is 0.257 e. The number of amides is 3. The molecule has 0 saturated carbocycles. The highest BCUT2D eigenvalue weighted by molar-refractivity contribution is 5.96. The topological polar surface area (TPSA) is 122 Å². The third-order valence-electron chi connectivity index (χ3n) is 7.10. The molecule has 0 radical (unpaired) electrons. The van der Waals surface area contributed by atoms with E-state index in [0.29, 0.717) is 44.7 Å². The average Bonchev–Trinajstić information content (AvgIpc) is 3.47. The van der Waals surface area contributed by atoms with E-state index in [0.717, 1.165) is 5.82 Å². The van der Waals surface area contributed by atoms with Gasteiger partial charge in [0.05, 0.1) is 18.6 Å². The number of fused-ring (bicyclic) bond motifs is 4. The number of methoxy groups -OCH3 is 1. The Labute approximate surface area is 209 Å². The van der Waals surface area contributed by atoms with Crippen molar-refractivity contribution in [3.8, 4) is 5.88 Å². The number of hydrogen-bond donors (Lipinski definition) is 1. The third-order valence-corrected chi connectivity index (χ3v) is 7.10. The van der Waals surface area contributed by atoms with E-state index in [1.807, 2.05) is 22.7 Å². The number of likely N-dealkylation sites (tertiary alicyclic amines) is 1. The van der Waals surface area contributed by atoms with E-state index in [-0.39, 0.29) is 42.9 Å². The van der Waals surface area contributed by atoms with Crippen LogP contribution in [0.1, 0.15) is 22.6 Å². The highest BCUT2D eigenvalue weighted by atomic mass is 16.5. The van der Waals surface area contributed by atoms with Gasteiger partial charge in [-0.25, -0.2) is 9.97 Å². The maximum atomic E-state index is 14.0. The molecule has 0 unspecified atom stereocenters. The maximum absolute atomic E-state index is 14.0. The van der Waals surface area contributed by atoms with Gasteiger partial charge in [-0.2, -0.15) is 0 Å². The second-order valence-electron chi connectivity index (χ2n) is 9.43. The molecular formula is C24H31N7O5. The van der Waals surface area contributed by atoms with Crippen LogP contribution in [-0.2, 0) is 27.9 Å². The summed E-state index contributed by atoms with van der Waals surface area (Å²) in [6, 6.07) is 2.34. The summed E-state index contributed by atoms with van der Waals surface area (Å²) in [4.78, 5) is 53.9. The van der Waals surface area contributed by atoms with Crippen LogP contribution >= 0.6 is 0 Å². The van der Waals surface area contributed by atoms with Crippen LogP contribution in [0.25, 0.3) is 0 Å². The van der Waals surface area contributed by atoms with Crippen LogP contribution in [-0.4, -0.2) is 112 Å². The van der Waals surface area contributed by atoms with Gasteiger partial charge in [0, 0.05) is 65.0 Å². The fraction of sp³-hybridized carbons (Fsp3) is 0.542. The smallest absolute Gasteiger partial charge is 0.257 e. The second kappa shape index (κ2) is 10.2. The van der Waals surface area contributed by atoms with Crippen LogP contribution in [0, 0.1) is 0 Å². The molecule has 5 rings (SSSR count). The van der Waals surface area contributed by atoms with Crippen LogP contribution in [0.15, 0.2) is 30.7 Å². The van der Waals surface area contributed by atoms with Crippen LogP contribution < -0.4 is 10.1 Å². The average molecular weight is 498 g/mol. The largest absolute Gasteiger partial charge is 0.475 e. The van der Waals surface area contributed by atoms with E-state index in [1.54, 1.807) is 29.4 Å². The van der Waals surface area contributed by atoms with Crippen LogP contribution in [0.4, 0.5) is 0 Å². The van der Waals surface area contributed by atoms with Crippen molar-refractivity contribution in [1.29, 1.82) is 0 Å². The Morgan fingerprint density at radius 3 is 2.86 bits per heavy atom. The molecule has 12 nitrogen and oxygen atoms in total. The summed E-state index contributed by atoms with van der Waals surface area (Å²) < 4.78 is 12.9. The molecule has 3 amide bonds. The molecule has 2 bridgehead atoms. The highest BCUT2D eigenvalue weighted by Crippen LogP contribution is 2.26. The van der Waals surface area contributed by atoms with E-state index in [4.69, 9.17) is 9.47 Å². The number of aryl methyl sites for hydroxylation is 1. The molecular weight excluding hydrogens is 466 g/mol. The van der Waals surface area contributed by atoms with E-state index in [2.05, 4.69) is 20.2 Å². The minimum Gasteiger partial charge on any atom is -0.475 e. The van der Waals surface area contributed by atoms with Gasteiger partial charge in [0.25, 0.3) is 5.91 Å². The third kappa shape index (κ3) is 4.78. The lowest BCUT2D eigenvalue weighted by Crippen LogP contribution is -2.61. The molecule has 2 aromatic heterocycles. The number of imidazole rings is 1. The summed E-state index contributed by atoms with van der Waals surface area (Å²) in [7, 11) is 3.40. The summed E-state index contributed by atoms with van der Waals surface area (Å²) >= 11 is 0. The summed E-state index contributed by atoms with van der Waals surface area (Å²) in [6.07, 6.45) is 5.66. The molecule has 0 aromatic carbocycles. The Balaban J connectivity index is 1.46. The monoisotopic (exact) mass is 497 g/mol. The lowest BCUT2D eigenvalue weighted by molar-refractivity contribution is -0.148. The van der Waals surface area contributed by atoms with E-state index >= 15 is 0 Å². The molecule has 3 aliphatic heterocycles. The first-order valence-electron chi connectivity index (χ1n) is 12.1. The fourth-order valence-electron chi connectivity index (χ4n) is 5.21. The van der Waals surface area contributed by atoms with E-state index in [1.165, 1.54) is 7.11 Å². The van der Waals surface area contributed by atoms with Gasteiger partial charge >= 0.3 is 0 Å². The molecule has 3 aliphatic rings. The summed E-state index contributed by atoms with van der Waals surface area (Å²) in [5.41, 5.74) is 0.346. The molecule has 192 valence electrons. The van der Waals surface area contributed by atoms with E-state index < -0.39 is 12.1 Å². The zero-order valence-electron chi connectivity index (χ0n) is 20.5. The van der Waals surface area contributed by atoms with Crippen LogP contribution in [0.5, 0.6) is 5.88 Å². The van der Waals surface area contributed by atoms with Crippen molar-refractivity contribution >= 4 is 17.7 Å². The van der Waals surface area contributed by atoms with Gasteiger partial charge in [-0.1, -0.05) is 0 Å². The molecule has 0 spiro atoms.